The van der Waals surface area contributed by atoms with Gasteiger partial charge in [0.15, 0.2) is 5.82 Å². The largest absolute Gasteiger partial charge is 0.383 e. The summed E-state index contributed by atoms with van der Waals surface area (Å²) >= 11 is 8.82. The molecule has 0 bridgehead atoms. The summed E-state index contributed by atoms with van der Waals surface area (Å²) in [5.74, 6) is -0.510. The fourth-order valence-corrected chi connectivity index (χ4v) is 2.31. The van der Waals surface area contributed by atoms with E-state index in [4.69, 9.17) is 16.3 Å². The van der Waals surface area contributed by atoms with Gasteiger partial charge in [-0.2, -0.15) is 0 Å². The van der Waals surface area contributed by atoms with Crippen molar-refractivity contribution in [2.75, 3.05) is 13.7 Å². The molecule has 1 aromatic carbocycles. The van der Waals surface area contributed by atoms with Crippen molar-refractivity contribution in [3.05, 3.63) is 34.6 Å². The third kappa shape index (κ3) is 2.99. The molecule has 0 N–H and O–H groups in total. The second-order valence-corrected chi connectivity index (χ2v) is 4.93. The first-order valence-corrected chi connectivity index (χ1v) is 7.20. The normalized spacial score (nSPS) is 11.1. The maximum Gasteiger partial charge on any atom is 0.167 e. The molecule has 1 aromatic heterocycles. The van der Waals surface area contributed by atoms with E-state index in [9.17, 15) is 8.78 Å². The Morgan fingerprint density at radius 3 is 2.70 bits per heavy atom. The number of halogens is 4. The van der Waals surface area contributed by atoms with E-state index in [0.29, 0.717) is 24.3 Å². The summed E-state index contributed by atoms with van der Waals surface area (Å²) in [7, 11) is 1.56. The molecule has 8 heteroatoms. The zero-order chi connectivity index (χ0) is 14.7. The molecular weight excluding hydrogens is 356 g/mol. The maximum absolute atomic E-state index is 14.0. The number of benzene rings is 1. The topological polar surface area (TPSA) is 39.9 Å². The van der Waals surface area contributed by atoms with Crippen LogP contribution in [0.5, 0.6) is 0 Å². The summed E-state index contributed by atoms with van der Waals surface area (Å²) in [6.45, 7) is 0.839. The third-order valence-electron chi connectivity index (χ3n) is 2.72. The zero-order valence-electron chi connectivity index (χ0n) is 10.5. The van der Waals surface area contributed by atoms with Gasteiger partial charge in [-0.15, -0.1) is 10.2 Å². The number of ether oxygens (including phenoxy) is 1. The summed E-state index contributed by atoms with van der Waals surface area (Å²) in [5.41, 5.74) is 0.0164. The van der Waals surface area contributed by atoms with E-state index in [-0.39, 0.29) is 16.4 Å². The highest BCUT2D eigenvalue weighted by Crippen LogP contribution is 2.27. The Bertz CT molecular complexity index is 621. The molecule has 0 spiro atoms. The predicted molar refractivity (Wildman–Crippen MR) is 74.9 cm³/mol. The first kappa shape index (κ1) is 15.3. The summed E-state index contributed by atoms with van der Waals surface area (Å²) in [5, 5.41) is 8.04. The Labute approximate surface area is 127 Å². The van der Waals surface area contributed by atoms with E-state index in [1.54, 1.807) is 11.7 Å². The molecule has 2 aromatic rings. The van der Waals surface area contributed by atoms with Crippen LogP contribution in [0.4, 0.5) is 8.78 Å². The van der Waals surface area contributed by atoms with Crippen molar-refractivity contribution in [2.24, 2.45) is 0 Å². The fraction of sp³-hybridized carbons (Fsp3) is 0.333. The van der Waals surface area contributed by atoms with Crippen LogP contribution in [0.2, 0.25) is 5.02 Å². The lowest BCUT2D eigenvalue weighted by Gasteiger charge is -2.09. The number of aromatic nitrogens is 3. The molecule has 2 rings (SSSR count). The van der Waals surface area contributed by atoms with E-state index in [1.165, 1.54) is 0 Å². The van der Waals surface area contributed by atoms with Crippen molar-refractivity contribution in [3.63, 3.8) is 0 Å². The lowest BCUT2D eigenvalue weighted by Crippen LogP contribution is -2.09. The molecule has 20 heavy (non-hydrogen) atoms. The van der Waals surface area contributed by atoms with Crippen LogP contribution in [0.1, 0.15) is 5.82 Å². The van der Waals surface area contributed by atoms with Gasteiger partial charge in [0, 0.05) is 13.7 Å². The van der Waals surface area contributed by atoms with Crippen LogP contribution >= 0.6 is 27.5 Å². The van der Waals surface area contributed by atoms with Gasteiger partial charge in [0.1, 0.15) is 17.5 Å². The zero-order valence-corrected chi connectivity index (χ0v) is 12.9. The number of hydrogen-bond acceptors (Lipinski definition) is 3. The highest BCUT2D eigenvalue weighted by Gasteiger charge is 2.18. The SMILES string of the molecule is COCCn1c(CBr)nnc1-c1cc(F)c(Cl)cc1F. The molecule has 1 heterocycles. The Morgan fingerprint density at radius 1 is 1.30 bits per heavy atom. The molecule has 0 amide bonds. The molecule has 0 atom stereocenters. The highest BCUT2D eigenvalue weighted by molar-refractivity contribution is 9.08. The number of rotatable bonds is 5. The Hall–Kier alpha value is -1.05. The van der Waals surface area contributed by atoms with Crippen molar-refractivity contribution < 1.29 is 13.5 Å². The minimum atomic E-state index is -0.704. The second-order valence-electron chi connectivity index (χ2n) is 3.96. The van der Waals surface area contributed by atoms with Crippen molar-refractivity contribution in [2.45, 2.75) is 11.9 Å². The Kier molecular flexibility index (Phi) is 5.06. The fourth-order valence-electron chi connectivity index (χ4n) is 1.74. The quantitative estimate of drug-likeness (QED) is 0.601. The van der Waals surface area contributed by atoms with Crippen LogP contribution in [-0.2, 0) is 16.6 Å². The van der Waals surface area contributed by atoms with Gasteiger partial charge in [0.25, 0.3) is 0 Å². The first-order chi connectivity index (χ1) is 9.58. The highest BCUT2D eigenvalue weighted by atomic mass is 79.9. The Morgan fingerprint density at radius 2 is 2.05 bits per heavy atom. The molecule has 108 valence electrons. The molecule has 4 nitrogen and oxygen atoms in total. The minimum Gasteiger partial charge on any atom is -0.383 e. The van der Waals surface area contributed by atoms with E-state index >= 15 is 0 Å². The summed E-state index contributed by atoms with van der Waals surface area (Å²) in [4.78, 5) is 0. The smallest absolute Gasteiger partial charge is 0.167 e. The van der Waals surface area contributed by atoms with Gasteiger partial charge >= 0.3 is 0 Å². The van der Waals surface area contributed by atoms with Crippen molar-refractivity contribution in [1.29, 1.82) is 0 Å². The van der Waals surface area contributed by atoms with Crippen molar-refractivity contribution in [1.82, 2.24) is 14.8 Å². The van der Waals surface area contributed by atoms with E-state index in [2.05, 4.69) is 26.1 Å². The van der Waals surface area contributed by atoms with Crippen LogP contribution in [0.3, 0.4) is 0 Å². The first-order valence-electron chi connectivity index (χ1n) is 5.70. The number of alkyl halides is 1. The van der Waals surface area contributed by atoms with Gasteiger partial charge in [0.05, 0.1) is 22.5 Å². The molecule has 0 saturated heterocycles. The van der Waals surface area contributed by atoms with Gasteiger partial charge < -0.3 is 9.30 Å². The second kappa shape index (κ2) is 6.60. The van der Waals surface area contributed by atoms with Gasteiger partial charge in [-0.25, -0.2) is 8.78 Å². The molecule has 0 radical (unpaired) electrons. The summed E-state index contributed by atoms with van der Waals surface area (Å²) in [6, 6.07) is 1.94. The average Bonchev–Trinajstić information content (AvgIpc) is 2.83. The lowest BCUT2D eigenvalue weighted by atomic mass is 10.2. The van der Waals surface area contributed by atoms with Crippen LogP contribution in [0.25, 0.3) is 11.4 Å². The molecule has 0 aliphatic rings. The number of nitrogens with zero attached hydrogens (tertiary/aromatic N) is 3. The van der Waals surface area contributed by atoms with Crippen LogP contribution in [-0.4, -0.2) is 28.5 Å². The molecular formula is C12H11BrClF2N3O. The molecule has 0 aliphatic heterocycles. The van der Waals surface area contributed by atoms with Gasteiger partial charge in [-0.05, 0) is 12.1 Å². The van der Waals surface area contributed by atoms with Crippen LogP contribution < -0.4 is 0 Å². The number of hydrogen-bond donors (Lipinski definition) is 0. The van der Waals surface area contributed by atoms with Crippen LogP contribution in [0.15, 0.2) is 12.1 Å². The minimum absolute atomic E-state index is 0.0164. The third-order valence-corrected chi connectivity index (χ3v) is 3.51. The van der Waals surface area contributed by atoms with E-state index < -0.39 is 11.6 Å². The number of methoxy groups -OCH3 is 1. The van der Waals surface area contributed by atoms with Gasteiger partial charge in [-0.3, -0.25) is 0 Å². The predicted octanol–water partition coefficient (Wildman–Crippen LogP) is 3.42. The standard InChI is InChI=1S/C12H11BrClF2N3O/c1-20-3-2-19-11(6-13)17-18-12(19)7-4-10(16)8(14)5-9(7)15/h4-5H,2-3,6H2,1H3. The van der Waals surface area contributed by atoms with Gasteiger partial charge in [0.2, 0.25) is 0 Å². The van der Waals surface area contributed by atoms with Crippen molar-refractivity contribution >= 4 is 27.5 Å². The molecule has 0 fully saturated rings. The summed E-state index contributed by atoms with van der Waals surface area (Å²) < 4.78 is 34.2. The van der Waals surface area contributed by atoms with Crippen LogP contribution in [0, 0.1) is 11.6 Å². The molecule has 0 unspecified atom stereocenters. The molecule has 0 saturated carbocycles. The van der Waals surface area contributed by atoms with E-state index in [1.807, 2.05) is 0 Å². The average molecular weight is 367 g/mol. The van der Waals surface area contributed by atoms with Crippen molar-refractivity contribution in [3.8, 4) is 11.4 Å². The maximum atomic E-state index is 14.0. The monoisotopic (exact) mass is 365 g/mol. The van der Waals surface area contributed by atoms with Gasteiger partial charge in [-0.1, -0.05) is 27.5 Å². The van der Waals surface area contributed by atoms with E-state index in [0.717, 1.165) is 12.1 Å². The lowest BCUT2D eigenvalue weighted by molar-refractivity contribution is 0.187. The molecule has 0 aliphatic carbocycles. The Balaban J connectivity index is 2.52. The summed E-state index contributed by atoms with van der Waals surface area (Å²) in [6.07, 6.45) is 0.